The fourth-order valence-electron chi connectivity index (χ4n) is 2.59. The minimum Gasteiger partial charge on any atom is -0.480 e. The zero-order valence-electron chi connectivity index (χ0n) is 14.4. The van der Waals surface area contributed by atoms with Gasteiger partial charge in [0.2, 0.25) is 0 Å². The van der Waals surface area contributed by atoms with Gasteiger partial charge in [-0.2, -0.15) is 20.1 Å². The number of hydrogen-bond donors (Lipinski definition) is 2. The lowest BCUT2D eigenvalue weighted by atomic mass is 9.87. The van der Waals surface area contributed by atoms with Crippen molar-refractivity contribution < 1.29 is 18.7 Å². The molecule has 2 N–H and O–H groups in total. The van der Waals surface area contributed by atoms with E-state index in [1.807, 2.05) is 20.8 Å². The Morgan fingerprint density at radius 1 is 1.32 bits per heavy atom. The van der Waals surface area contributed by atoms with Crippen molar-refractivity contribution in [2.45, 2.75) is 45.2 Å². The number of carboxylic acid groups (broad SMARTS) is 1. The Morgan fingerprint density at radius 2 is 2.04 bits per heavy atom. The molecule has 0 aromatic carbocycles. The highest BCUT2D eigenvalue weighted by molar-refractivity contribution is 7.08. The topological polar surface area (TPSA) is 62.2 Å². The SMILES string of the molecule is CC(C)(C)CC(N[C@@H](c1ccsc1)C(F)(F)c1ccccn1)C(=O)O. The summed E-state index contributed by atoms with van der Waals surface area (Å²) < 4.78 is 30.3. The van der Waals surface area contributed by atoms with Crippen LogP contribution in [0.5, 0.6) is 0 Å². The van der Waals surface area contributed by atoms with Crippen molar-refractivity contribution in [3.05, 3.63) is 52.5 Å². The maximum absolute atomic E-state index is 15.1. The summed E-state index contributed by atoms with van der Waals surface area (Å²) in [6, 6.07) is 3.31. The molecule has 0 radical (unpaired) electrons. The standard InChI is InChI=1S/C18H22F2N2O2S/c1-17(2,3)10-13(16(23)24)22-15(12-7-9-25-11-12)18(19,20)14-6-4-5-8-21-14/h4-9,11,13,15,22H,10H2,1-3H3,(H,23,24)/t13?,15-/m0/s1. The number of carbonyl (C=O) groups is 1. The summed E-state index contributed by atoms with van der Waals surface area (Å²) in [6.45, 7) is 5.63. The molecule has 1 unspecified atom stereocenters. The molecular weight excluding hydrogens is 346 g/mol. The van der Waals surface area contributed by atoms with Crippen LogP contribution in [0, 0.1) is 5.41 Å². The molecule has 0 saturated heterocycles. The van der Waals surface area contributed by atoms with Gasteiger partial charge in [-0.25, -0.2) is 0 Å². The number of rotatable bonds is 7. The quantitative estimate of drug-likeness (QED) is 0.758. The van der Waals surface area contributed by atoms with Crippen molar-refractivity contribution in [3.8, 4) is 0 Å². The van der Waals surface area contributed by atoms with Crippen molar-refractivity contribution in [1.82, 2.24) is 10.3 Å². The molecule has 0 spiro atoms. The maximum Gasteiger partial charge on any atom is 0.320 e. The predicted molar refractivity (Wildman–Crippen MR) is 93.8 cm³/mol. The molecule has 0 aliphatic carbocycles. The van der Waals surface area contributed by atoms with Gasteiger partial charge in [-0.05, 0) is 46.4 Å². The van der Waals surface area contributed by atoms with E-state index in [0.29, 0.717) is 5.56 Å². The van der Waals surface area contributed by atoms with Gasteiger partial charge >= 0.3 is 11.9 Å². The molecule has 2 aromatic heterocycles. The van der Waals surface area contributed by atoms with E-state index in [0.717, 1.165) is 0 Å². The van der Waals surface area contributed by atoms with E-state index >= 15 is 8.78 Å². The van der Waals surface area contributed by atoms with E-state index in [9.17, 15) is 9.90 Å². The van der Waals surface area contributed by atoms with Crippen LogP contribution in [0.15, 0.2) is 41.2 Å². The van der Waals surface area contributed by atoms with Gasteiger partial charge in [0.25, 0.3) is 0 Å². The monoisotopic (exact) mass is 368 g/mol. The number of aromatic nitrogens is 1. The number of aliphatic carboxylic acids is 1. The molecule has 2 atom stereocenters. The van der Waals surface area contributed by atoms with Crippen molar-refractivity contribution >= 4 is 17.3 Å². The van der Waals surface area contributed by atoms with Crippen molar-refractivity contribution in [2.24, 2.45) is 5.41 Å². The Hall–Kier alpha value is -1.86. The second kappa shape index (κ2) is 7.58. The maximum atomic E-state index is 15.1. The smallest absolute Gasteiger partial charge is 0.320 e. The molecule has 0 aliphatic heterocycles. The predicted octanol–water partition coefficient (Wildman–Crippen LogP) is 4.46. The van der Waals surface area contributed by atoms with E-state index in [1.54, 1.807) is 22.9 Å². The van der Waals surface area contributed by atoms with Gasteiger partial charge in [0.15, 0.2) is 0 Å². The number of halogens is 2. The fourth-order valence-corrected chi connectivity index (χ4v) is 3.27. The Labute approximate surface area is 149 Å². The molecule has 2 aromatic rings. The third-order valence-corrected chi connectivity index (χ3v) is 4.43. The van der Waals surface area contributed by atoms with Crippen LogP contribution in [0.4, 0.5) is 8.78 Å². The van der Waals surface area contributed by atoms with E-state index in [1.165, 1.54) is 29.7 Å². The minimum absolute atomic E-state index is 0.223. The number of nitrogens with zero attached hydrogens (tertiary/aromatic N) is 1. The lowest BCUT2D eigenvalue weighted by molar-refractivity contribution is -0.142. The lowest BCUT2D eigenvalue weighted by Gasteiger charge is -2.32. The number of hydrogen-bond acceptors (Lipinski definition) is 4. The number of pyridine rings is 1. The normalized spacial score (nSPS) is 14.9. The zero-order chi connectivity index (χ0) is 18.7. The molecular formula is C18H22F2N2O2S. The van der Waals surface area contributed by atoms with Gasteiger partial charge in [-0.15, -0.1) is 0 Å². The molecule has 2 rings (SSSR count). The van der Waals surface area contributed by atoms with Crippen LogP contribution >= 0.6 is 11.3 Å². The molecule has 0 fully saturated rings. The average Bonchev–Trinajstić information content (AvgIpc) is 3.04. The lowest BCUT2D eigenvalue weighted by Crippen LogP contribution is -2.46. The largest absolute Gasteiger partial charge is 0.480 e. The average molecular weight is 368 g/mol. The zero-order valence-corrected chi connectivity index (χ0v) is 15.2. The van der Waals surface area contributed by atoms with Gasteiger partial charge in [0.1, 0.15) is 17.8 Å². The summed E-state index contributed by atoms with van der Waals surface area (Å²) in [4.78, 5) is 15.4. The van der Waals surface area contributed by atoms with Gasteiger partial charge in [-0.3, -0.25) is 15.1 Å². The summed E-state index contributed by atoms with van der Waals surface area (Å²) in [5, 5.41) is 15.5. The van der Waals surface area contributed by atoms with Crippen LogP contribution in [0.25, 0.3) is 0 Å². The van der Waals surface area contributed by atoms with Crippen LogP contribution < -0.4 is 5.32 Å². The highest BCUT2D eigenvalue weighted by Crippen LogP contribution is 2.41. The molecule has 25 heavy (non-hydrogen) atoms. The fraction of sp³-hybridized carbons (Fsp3) is 0.444. The van der Waals surface area contributed by atoms with E-state index in [4.69, 9.17) is 0 Å². The van der Waals surface area contributed by atoms with Gasteiger partial charge in [-0.1, -0.05) is 26.8 Å². The number of carboxylic acids is 1. The van der Waals surface area contributed by atoms with Crippen LogP contribution in [-0.4, -0.2) is 22.1 Å². The first-order chi connectivity index (χ1) is 11.6. The first kappa shape index (κ1) is 19.5. The molecule has 4 nitrogen and oxygen atoms in total. The first-order valence-electron chi connectivity index (χ1n) is 7.91. The third-order valence-electron chi connectivity index (χ3n) is 3.73. The number of alkyl halides is 2. The molecule has 0 aliphatic rings. The Kier molecular flexibility index (Phi) is 5.90. The van der Waals surface area contributed by atoms with Crippen LogP contribution in [-0.2, 0) is 10.7 Å². The Bertz CT molecular complexity index is 685. The highest BCUT2D eigenvalue weighted by Gasteiger charge is 2.45. The molecule has 0 amide bonds. The third kappa shape index (κ3) is 5.06. The van der Waals surface area contributed by atoms with E-state index in [-0.39, 0.29) is 11.8 Å². The second-order valence-corrected chi connectivity index (χ2v) is 7.93. The molecule has 0 saturated carbocycles. The van der Waals surface area contributed by atoms with Gasteiger partial charge in [0.05, 0.1) is 0 Å². The molecule has 7 heteroatoms. The van der Waals surface area contributed by atoms with Crippen molar-refractivity contribution in [3.63, 3.8) is 0 Å². The van der Waals surface area contributed by atoms with Gasteiger partial charge < -0.3 is 5.11 Å². The first-order valence-corrected chi connectivity index (χ1v) is 8.86. The summed E-state index contributed by atoms with van der Waals surface area (Å²) in [6.07, 6.45) is 1.53. The van der Waals surface area contributed by atoms with E-state index in [2.05, 4.69) is 10.3 Å². The summed E-state index contributed by atoms with van der Waals surface area (Å²) in [5.41, 5.74) is -0.366. The second-order valence-electron chi connectivity index (χ2n) is 7.15. The number of thiophene rings is 1. The molecule has 136 valence electrons. The van der Waals surface area contributed by atoms with Crippen LogP contribution in [0.1, 0.15) is 44.5 Å². The number of nitrogens with one attached hydrogen (secondary N) is 1. The van der Waals surface area contributed by atoms with Crippen LogP contribution in [0.3, 0.4) is 0 Å². The summed E-state index contributed by atoms with van der Waals surface area (Å²) >= 11 is 1.29. The van der Waals surface area contributed by atoms with E-state index < -0.39 is 29.7 Å². The Balaban J connectivity index is 2.38. The molecule has 2 heterocycles. The Morgan fingerprint density at radius 3 is 2.52 bits per heavy atom. The molecule has 0 bridgehead atoms. The van der Waals surface area contributed by atoms with Crippen molar-refractivity contribution in [2.75, 3.05) is 0 Å². The summed E-state index contributed by atoms with van der Waals surface area (Å²) in [5.74, 6) is -4.50. The minimum atomic E-state index is -3.35. The summed E-state index contributed by atoms with van der Waals surface area (Å²) in [7, 11) is 0. The van der Waals surface area contributed by atoms with Crippen LogP contribution in [0.2, 0.25) is 0 Å². The highest BCUT2D eigenvalue weighted by atomic mass is 32.1. The van der Waals surface area contributed by atoms with Gasteiger partial charge in [0, 0.05) is 6.20 Å². The van der Waals surface area contributed by atoms with Crippen molar-refractivity contribution in [1.29, 1.82) is 0 Å².